The third-order valence-corrected chi connectivity index (χ3v) is 8.51. The van der Waals surface area contributed by atoms with Crippen LogP contribution in [-0.2, 0) is 44.8 Å². The minimum absolute atomic E-state index is 0.0825. The molecule has 2 heterocycles. The fourth-order valence-corrected chi connectivity index (χ4v) is 5.56. The zero-order valence-electron chi connectivity index (χ0n) is 28.7. The Labute approximate surface area is 296 Å². The lowest BCUT2D eigenvalue weighted by molar-refractivity contribution is -0.728. The van der Waals surface area contributed by atoms with Gasteiger partial charge in [0.15, 0.2) is 5.69 Å². The van der Waals surface area contributed by atoms with E-state index >= 15 is 0 Å². The lowest BCUT2D eigenvalue weighted by Gasteiger charge is -2.33. The van der Waals surface area contributed by atoms with Crippen LogP contribution in [0.15, 0.2) is 64.8 Å². The number of hydrogen-bond donors (Lipinski definition) is 1. The molecule has 2 aromatic carbocycles. The molecule has 16 nitrogen and oxygen atoms in total. The number of alkyl halides is 3. The van der Waals surface area contributed by atoms with E-state index in [-0.39, 0.29) is 46.9 Å². The molecular formula is C32H37F3N6O10S. The van der Waals surface area contributed by atoms with Crippen molar-refractivity contribution in [3.8, 4) is 16.9 Å². The van der Waals surface area contributed by atoms with Crippen molar-refractivity contribution in [3.63, 3.8) is 0 Å². The van der Waals surface area contributed by atoms with Gasteiger partial charge in [-0.05, 0) is 58.0 Å². The van der Waals surface area contributed by atoms with Crippen LogP contribution in [-0.4, -0.2) is 77.8 Å². The lowest BCUT2D eigenvalue weighted by atomic mass is 10.0. The topological polar surface area (TPSA) is 194 Å². The van der Waals surface area contributed by atoms with E-state index < -0.39 is 64.7 Å². The second kappa shape index (κ2) is 15.9. The van der Waals surface area contributed by atoms with Gasteiger partial charge in [0.05, 0.1) is 47.4 Å². The Balaban J connectivity index is 1.22. The summed E-state index contributed by atoms with van der Waals surface area (Å²) in [6.07, 6.45) is -7.89. The van der Waals surface area contributed by atoms with Crippen LogP contribution in [0.3, 0.4) is 0 Å². The monoisotopic (exact) mass is 754 g/mol. The lowest BCUT2D eigenvalue weighted by Crippen LogP contribution is -2.52. The predicted octanol–water partition coefficient (Wildman–Crippen LogP) is 5.03. The molecule has 0 aliphatic carbocycles. The SMILES string of the molecule is Cc1ccc(-c2cc(C(F)(F)F)nn2-c2ccc(S(=O)(=O)NC(=O)CCC(=O)OCC3CN([N+]([O-])=NOC(C)OC(=O)OC(C)(C)C)C3)cc2)cc1. The van der Waals surface area contributed by atoms with Gasteiger partial charge < -0.3 is 19.4 Å². The maximum Gasteiger partial charge on any atom is 0.511 e. The number of rotatable bonds is 13. The number of hydrogen-bond acceptors (Lipinski definition) is 12. The average Bonchev–Trinajstić information content (AvgIpc) is 3.48. The van der Waals surface area contributed by atoms with Crippen molar-refractivity contribution in [1.82, 2.24) is 19.5 Å². The summed E-state index contributed by atoms with van der Waals surface area (Å²) in [6.45, 7) is 8.32. The first-order valence-electron chi connectivity index (χ1n) is 15.7. The summed E-state index contributed by atoms with van der Waals surface area (Å²) in [5.74, 6) is -2.01. The number of halogens is 3. The number of hydrazine groups is 1. The number of ether oxygens (including phenoxy) is 3. The van der Waals surface area contributed by atoms with Gasteiger partial charge in [0.25, 0.3) is 16.3 Å². The third kappa shape index (κ3) is 11.0. The Morgan fingerprint density at radius 1 is 1.06 bits per heavy atom. The summed E-state index contributed by atoms with van der Waals surface area (Å²) in [4.78, 5) is 40.8. The van der Waals surface area contributed by atoms with Crippen LogP contribution < -0.4 is 4.72 Å². The number of nitrogens with one attached hydrogen (secondary N) is 1. The molecule has 1 aliphatic rings. The van der Waals surface area contributed by atoms with Crippen molar-refractivity contribution < 1.29 is 60.0 Å². The summed E-state index contributed by atoms with van der Waals surface area (Å²) in [5.41, 5.74) is -0.296. The molecule has 1 N–H and O–H groups in total. The highest BCUT2D eigenvalue weighted by Crippen LogP contribution is 2.33. The zero-order chi connectivity index (χ0) is 38.4. The average molecular weight is 755 g/mol. The summed E-state index contributed by atoms with van der Waals surface area (Å²) >= 11 is 0. The van der Waals surface area contributed by atoms with E-state index in [1.54, 1.807) is 45.0 Å². The van der Waals surface area contributed by atoms with E-state index in [0.29, 0.717) is 5.56 Å². The van der Waals surface area contributed by atoms with Gasteiger partial charge in [-0.15, -0.1) is 5.01 Å². The van der Waals surface area contributed by atoms with Crippen LogP contribution in [0.25, 0.3) is 16.9 Å². The first-order chi connectivity index (χ1) is 24.2. The molecule has 1 saturated heterocycles. The van der Waals surface area contributed by atoms with Gasteiger partial charge in [0.1, 0.15) is 5.60 Å². The number of carbonyl (C=O) groups excluding carboxylic acids is 3. The molecule has 282 valence electrons. The highest BCUT2D eigenvalue weighted by atomic mass is 32.2. The Morgan fingerprint density at radius 3 is 2.29 bits per heavy atom. The van der Waals surface area contributed by atoms with Gasteiger partial charge >= 0.3 is 18.3 Å². The molecule has 3 aromatic rings. The molecule has 1 aliphatic heterocycles. The zero-order valence-corrected chi connectivity index (χ0v) is 29.6. The fraction of sp³-hybridized carbons (Fsp3) is 0.438. The molecule has 52 heavy (non-hydrogen) atoms. The van der Waals surface area contributed by atoms with E-state index in [2.05, 4.69) is 10.4 Å². The number of aromatic nitrogens is 2. The van der Waals surface area contributed by atoms with Crippen LogP contribution in [0.2, 0.25) is 0 Å². The Morgan fingerprint density at radius 2 is 1.69 bits per heavy atom. The van der Waals surface area contributed by atoms with Crippen molar-refractivity contribution in [3.05, 3.63) is 71.1 Å². The number of aryl methyl sites for hydroxylation is 1. The first-order valence-corrected chi connectivity index (χ1v) is 17.2. The molecule has 0 saturated carbocycles. The molecular weight excluding hydrogens is 717 g/mol. The summed E-state index contributed by atoms with van der Waals surface area (Å²) in [6, 6.07) is 12.3. The molecule has 4 rings (SSSR count). The van der Waals surface area contributed by atoms with Crippen LogP contribution in [0.1, 0.15) is 51.8 Å². The summed E-state index contributed by atoms with van der Waals surface area (Å²) < 4.78 is 84.0. The van der Waals surface area contributed by atoms with Gasteiger partial charge in [0.2, 0.25) is 11.2 Å². The molecule has 1 atom stereocenters. The second-order valence-electron chi connectivity index (χ2n) is 12.7. The third-order valence-electron chi connectivity index (χ3n) is 7.12. The van der Waals surface area contributed by atoms with Crippen LogP contribution in [0.4, 0.5) is 18.0 Å². The largest absolute Gasteiger partial charge is 0.569 e. The van der Waals surface area contributed by atoms with Crippen LogP contribution in [0.5, 0.6) is 0 Å². The van der Waals surface area contributed by atoms with Crippen molar-refractivity contribution in [2.24, 2.45) is 11.2 Å². The number of esters is 1. The van der Waals surface area contributed by atoms with Gasteiger partial charge in [-0.3, -0.25) is 14.4 Å². The van der Waals surface area contributed by atoms with Gasteiger partial charge in [-0.2, -0.15) is 18.3 Å². The highest BCUT2D eigenvalue weighted by Gasteiger charge is 2.36. The molecule has 0 bridgehead atoms. The number of sulfonamides is 1. The van der Waals surface area contributed by atoms with Crippen molar-refractivity contribution in [1.29, 1.82) is 0 Å². The van der Waals surface area contributed by atoms with Crippen LogP contribution in [0, 0.1) is 18.0 Å². The molecule has 1 amide bonds. The quantitative estimate of drug-likeness (QED) is 0.0805. The number of benzene rings is 2. The van der Waals surface area contributed by atoms with Crippen molar-refractivity contribution in [2.75, 3.05) is 19.7 Å². The van der Waals surface area contributed by atoms with Crippen LogP contribution >= 0.6 is 0 Å². The summed E-state index contributed by atoms with van der Waals surface area (Å²) in [7, 11) is -4.40. The Kier molecular flexibility index (Phi) is 12.0. The fourth-order valence-electron chi connectivity index (χ4n) is 4.55. The minimum Gasteiger partial charge on any atom is -0.569 e. The second-order valence-corrected chi connectivity index (χ2v) is 14.4. The minimum atomic E-state index is -4.72. The van der Waals surface area contributed by atoms with E-state index in [0.717, 1.165) is 28.4 Å². The normalized spacial score (nSPS) is 14.6. The molecule has 0 radical (unpaired) electrons. The predicted molar refractivity (Wildman–Crippen MR) is 173 cm³/mol. The van der Waals surface area contributed by atoms with E-state index in [9.17, 15) is 41.2 Å². The van der Waals surface area contributed by atoms with E-state index in [1.807, 2.05) is 11.6 Å². The smallest absolute Gasteiger partial charge is 0.511 e. The molecule has 1 aromatic heterocycles. The highest BCUT2D eigenvalue weighted by molar-refractivity contribution is 7.90. The van der Waals surface area contributed by atoms with E-state index in [1.165, 1.54) is 24.1 Å². The van der Waals surface area contributed by atoms with Gasteiger partial charge in [-0.25, -0.2) is 22.6 Å². The van der Waals surface area contributed by atoms with Crippen molar-refractivity contribution in [2.45, 2.75) is 70.4 Å². The molecule has 1 fully saturated rings. The maximum absolute atomic E-state index is 13.5. The Hall–Kier alpha value is -5.40. The molecule has 1 unspecified atom stereocenters. The van der Waals surface area contributed by atoms with Crippen molar-refractivity contribution >= 4 is 28.1 Å². The van der Waals surface area contributed by atoms with Gasteiger partial charge in [0, 0.05) is 24.8 Å². The van der Waals surface area contributed by atoms with E-state index in [4.69, 9.17) is 19.0 Å². The standard InChI is InChI=1S/C32H37F3N6O10S/c1-20-6-8-23(9-7-20)26-16-27(32(33,34)35)36-40(26)24-10-12-25(13-11-24)52(46,47)37-28(42)14-15-29(43)48-19-22-17-39(18-22)41(45)38-51-21(2)49-30(44)50-31(3,4)5/h6-13,16,21-22H,14-15,17-19H2,1-5H3,(H,37,42). The first kappa shape index (κ1) is 39.4. The number of amides is 1. The summed E-state index contributed by atoms with van der Waals surface area (Å²) in [5, 5.41) is 20.2. The number of nitrogens with zero attached hydrogens (tertiary/aromatic N) is 5. The molecule has 20 heteroatoms. The number of carbonyl (C=O) groups is 3. The molecule has 0 spiro atoms. The Bertz CT molecular complexity index is 1890. The maximum atomic E-state index is 13.5. The van der Waals surface area contributed by atoms with Gasteiger partial charge in [-0.1, -0.05) is 29.8 Å².